The molecule has 0 aliphatic carbocycles. The van der Waals surface area contributed by atoms with E-state index in [0.717, 1.165) is 33.9 Å². The molecule has 4 heteroatoms. The number of methoxy groups -OCH3 is 1. The second kappa shape index (κ2) is 8.78. The standard InChI is InChI=1S/C27H35NO3/c1-18-9-11-21(12-10-18)30-14-13-20-17-31-25(28-20)19-15-22(26(2,3)4)24(29-8)23(16-19)27(5,6)7/h9-12,15-17H,13-14H2,1-8H3. The van der Waals surface area contributed by atoms with Crippen LogP contribution in [0.3, 0.4) is 0 Å². The summed E-state index contributed by atoms with van der Waals surface area (Å²) in [4.78, 5) is 4.74. The van der Waals surface area contributed by atoms with Crippen molar-refractivity contribution in [3.63, 3.8) is 0 Å². The van der Waals surface area contributed by atoms with E-state index in [9.17, 15) is 0 Å². The van der Waals surface area contributed by atoms with Crippen LogP contribution in [0.2, 0.25) is 0 Å². The number of hydrogen-bond acceptors (Lipinski definition) is 4. The minimum atomic E-state index is -0.0708. The molecule has 0 aliphatic heterocycles. The lowest BCUT2D eigenvalue weighted by molar-refractivity contribution is 0.320. The fraction of sp³-hybridized carbons (Fsp3) is 0.444. The van der Waals surface area contributed by atoms with E-state index in [4.69, 9.17) is 18.9 Å². The highest BCUT2D eigenvalue weighted by Gasteiger charge is 2.28. The first kappa shape index (κ1) is 22.9. The van der Waals surface area contributed by atoms with Crippen molar-refractivity contribution >= 4 is 0 Å². The zero-order valence-corrected chi connectivity index (χ0v) is 20.1. The average molecular weight is 422 g/mol. The Kier molecular flexibility index (Phi) is 6.49. The maximum Gasteiger partial charge on any atom is 0.226 e. The highest BCUT2D eigenvalue weighted by molar-refractivity contribution is 5.63. The van der Waals surface area contributed by atoms with E-state index in [0.29, 0.717) is 18.9 Å². The van der Waals surface area contributed by atoms with Crippen LogP contribution in [0.15, 0.2) is 47.1 Å². The molecule has 0 amide bonds. The van der Waals surface area contributed by atoms with E-state index in [1.54, 1.807) is 13.4 Å². The molecule has 0 atom stereocenters. The van der Waals surface area contributed by atoms with Crippen molar-refractivity contribution in [2.45, 2.75) is 65.7 Å². The van der Waals surface area contributed by atoms with Gasteiger partial charge in [0.05, 0.1) is 19.4 Å². The number of aromatic nitrogens is 1. The highest BCUT2D eigenvalue weighted by Crippen LogP contribution is 2.42. The Morgan fingerprint density at radius 1 is 0.903 bits per heavy atom. The molecule has 4 nitrogen and oxygen atoms in total. The Bertz CT molecular complexity index is 983. The quantitative estimate of drug-likeness (QED) is 0.435. The van der Waals surface area contributed by atoms with Gasteiger partial charge in [0.2, 0.25) is 5.89 Å². The SMILES string of the molecule is COc1c(C(C)(C)C)cc(-c2nc(CCOc3ccc(C)cc3)co2)cc1C(C)(C)C. The first-order chi connectivity index (χ1) is 14.5. The molecule has 0 saturated heterocycles. The van der Waals surface area contributed by atoms with E-state index < -0.39 is 0 Å². The maximum atomic E-state index is 5.87. The molecule has 2 aromatic carbocycles. The van der Waals surface area contributed by atoms with Crippen LogP contribution in [-0.2, 0) is 17.3 Å². The molecule has 0 unspecified atom stereocenters. The molecule has 0 radical (unpaired) electrons. The van der Waals surface area contributed by atoms with E-state index in [1.807, 2.05) is 24.3 Å². The largest absolute Gasteiger partial charge is 0.496 e. The summed E-state index contributed by atoms with van der Waals surface area (Å²) < 4.78 is 17.6. The Morgan fingerprint density at radius 2 is 1.48 bits per heavy atom. The van der Waals surface area contributed by atoms with Gasteiger partial charge in [-0.1, -0.05) is 59.2 Å². The van der Waals surface area contributed by atoms with Gasteiger partial charge in [-0.15, -0.1) is 0 Å². The lowest BCUT2D eigenvalue weighted by Crippen LogP contribution is -2.19. The van der Waals surface area contributed by atoms with E-state index in [1.165, 1.54) is 5.56 Å². The third kappa shape index (κ3) is 5.49. The summed E-state index contributed by atoms with van der Waals surface area (Å²) in [6.45, 7) is 15.8. The zero-order chi connectivity index (χ0) is 22.8. The highest BCUT2D eigenvalue weighted by atomic mass is 16.5. The van der Waals surface area contributed by atoms with Crippen LogP contribution in [0.4, 0.5) is 0 Å². The van der Waals surface area contributed by atoms with Crippen LogP contribution in [0.5, 0.6) is 11.5 Å². The smallest absolute Gasteiger partial charge is 0.226 e. The van der Waals surface area contributed by atoms with Crippen LogP contribution >= 0.6 is 0 Å². The maximum absolute atomic E-state index is 5.87. The molecule has 0 N–H and O–H groups in total. The minimum Gasteiger partial charge on any atom is -0.496 e. The van der Waals surface area contributed by atoms with Gasteiger partial charge in [-0.3, -0.25) is 0 Å². The second-order valence-corrected chi connectivity index (χ2v) is 10.2. The zero-order valence-electron chi connectivity index (χ0n) is 20.1. The fourth-order valence-electron chi connectivity index (χ4n) is 3.55. The molecular formula is C27H35NO3. The van der Waals surface area contributed by atoms with Crippen LogP contribution in [-0.4, -0.2) is 18.7 Å². The van der Waals surface area contributed by atoms with Crippen molar-refractivity contribution in [3.8, 4) is 23.0 Å². The minimum absolute atomic E-state index is 0.0708. The summed E-state index contributed by atoms with van der Waals surface area (Å²) in [6, 6.07) is 12.4. The van der Waals surface area contributed by atoms with E-state index in [2.05, 4.69) is 60.6 Å². The number of nitrogens with zero attached hydrogens (tertiary/aromatic N) is 1. The van der Waals surface area contributed by atoms with Gasteiger partial charge in [-0.25, -0.2) is 4.98 Å². The molecule has 3 aromatic rings. The lowest BCUT2D eigenvalue weighted by atomic mass is 9.78. The third-order valence-electron chi connectivity index (χ3n) is 5.36. The van der Waals surface area contributed by atoms with Gasteiger partial charge in [0.15, 0.2) is 0 Å². The number of hydrogen-bond donors (Lipinski definition) is 0. The Morgan fingerprint density at radius 3 is 2.00 bits per heavy atom. The van der Waals surface area contributed by atoms with Gasteiger partial charge in [0.1, 0.15) is 17.8 Å². The van der Waals surface area contributed by atoms with Crippen molar-refractivity contribution in [3.05, 3.63) is 65.0 Å². The third-order valence-corrected chi connectivity index (χ3v) is 5.36. The van der Waals surface area contributed by atoms with Crippen LogP contribution in [0.1, 0.15) is 63.9 Å². The molecule has 0 spiro atoms. The van der Waals surface area contributed by atoms with Crippen LogP contribution in [0.25, 0.3) is 11.5 Å². The second-order valence-electron chi connectivity index (χ2n) is 10.2. The molecule has 0 fully saturated rings. The van der Waals surface area contributed by atoms with Crippen molar-refractivity contribution in [2.75, 3.05) is 13.7 Å². The monoisotopic (exact) mass is 421 g/mol. The van der Waals surface area contributed by atoms with Gasteiger partial charge in [-0.05, 0) is 42.0 Å². The van der Waals surface area contributed by atoms with Gasteiger partial charge >= 0.3 is 0 Å². The van der Waals surface area contributed by atoms with Gasteiger partial charge in [0.25, 0.3) is 0 Å². The first-order valence-corrected chi connectivity index (χ1v) is 10.9. The molecule has 0 saturated carbocycles. The topological polar surface area (TPSA) is 44.5 Å². The van der Waals surface area contributed by atoms with Gasteiger partial charge < -0.3 is 13.9 Å². The Hall–Kier alpha value is -2.75. The molecule has 31 heavy (non-hydrogen) atoms. The lowest BCUT2D eigenvalue weighted by Gasteiger charge is -2.29. The normalized spacial score (nSPS) is 12.1. The number of benzene rings is 2. The summed E-state index contributed by atoms with van der Waals surface area (Å²) in [5.41, 5.74) is 5.24. The summed E-state index contributed by atoms with van der Waals surface area (Å²) >= 11 is 0. The summed E-state index contributed by atoms with van der Waals surface area (Å²) in [5, 5.41) is 0. The van der Waals surface area contributed by atoms with Crippen molar-refractivity contribution in [1.29, 1.82) is 0 Å². The molecule has 0 aliphatic rings. The summed E-state index contributed by atoms with van der Waals surface area (Å²) in [7, 11) is 1.75. The first-order valence-electron chi connectivity index (χ1n) is 10.9. The summed E-state index contributed by atoms with van der Waals surface area (Å²) in [6.07, 6.45) is 2.41. The molecule has 1 aromatic heterocycles. The molecule has 1 heterocycles. The van der Waals surface area contributed by atoms with Gasteiger partial charge in [0, 0.05) is 23.1 Å². The predicted molar refractivity (Wildman–Crippen MR) is 126 cm³/mol. The average Bonchev–Trinajstić information content (AvgIpc) is 3.16. The Labute approximate surface area is 186 Å². The number of aryl methyl sites for hydroxylation is 1. The van der Waals surface area contributed by atoms with Crippen molar-refractivity contribution < 1.29 is 13.9 Å². The summed E-state index contributed by atoms with van der Waals surface area (Å²) in [5.74, 6) is 2.44. The molecule has 166 valence electrons. The van der Waals surface area contributed by atoms with E-state index in [-0.39, 0.29) is 10.8 Å². The van der Waals surface area contributed by atoms with Crippen LogP contribution in [0, 0.1) is 6.92 Å². The molecular weight excluding hydrogens is 386 g/mol. The fourth-order valence-corrected chi connectivity index (χ4v) is 3.55. The van der Waals surface area contributed by atoms with Crippen molar-refractivity contribution in [1.82, 2.24) is 4.98 Å². The number of ether oxygens (including phenoxy) is 2. The number of rotatable bonds is 6. The van der Waals surface area contributed by atoms with Crippen LogP contribution < -0.4 is 9.47 Å². The van der Waals surface area contributed by atoms with E-state index >= 15 is 0 Å². The Balaban J connectivity index is 1.85. The molecule has 3 rings (SSSR count). The number of oxazole rings is 1. The van der Waals surface area contributed by atoms with Gasteiger partial charge in [-0.2, -0.15) is 0 Å². The predicted octanol–water partition coefficient (Wildman–Crippen LogP) is 6.88. The molecule has 0 bridgehead atoms. The van der Waals surface area contributed by atoms with Crippen molar-refractivity contribution in [2.24, 2.45) is 0 Å².